The molecule has 1 amide bonds. The van der Waals surface area contributed by atoms with Crippen molar-refractivity contribution in [2.45, 2.75) is 45.6 Å². The van der Waals surface area contributed by atoms with Gasteiger partial charge in [-0.2, -0.15) is 0 Å². The Bertz CT molecular complexity index is 305. The lowest BCUT2D eigenvalue weighted by molar-refractivity contribution is -0.143. The summed E-state index contributed by atoms with van der Waals surface area (Å²) in [7, 11) is 0. The van der Waals surface area contributed by atoms with Gasteiger partial charge in [-0.05, 0) is 25.2 Å². The van der Waals surface area contributed by atoms with Gasteiger partial charge < -0.3 is 16.2 Å². The van der Waals surface area contributed by atoms with Crippen LogP contribution >= 0.6 is 0 Å². The van der Waals surface area contributed by atoms with Crippen LogP contribution in [0.2, 0.25) is 0 Å². The molecule has 0 aromatic heterocycles. The van der Waals surface area contributed by atoms with Crippen molar-refractivity contribution >= 4 is 11.9 Å². The number of carbonyl (C=O) groups excluding carboxylic acids is 1. The van der Waals surface area contributed by atoms with E-state index < -0.39 is 5.97 Å². The van der Waals surface area contributed by atoms with Crippen molar-refractivity contribution in [1.29, 1.82) is 0 Å². The highest BCUT2D eigenvalue weighted by Crippen LogP contribution is 2.25. The standard InChI is InChI=1S/C13H24N2O3/c1-8(2)11(7-14)12(16)15-10-5-3-4-9(6-10)13(17)18/h8-11H,3-7,14H2,1-2H3,(H,15,16)(H,17,18). The minimum absolute atomic E-state index is 0.0138. The SMILES string of the molecule is CC(C)C(CN)C(=O)NC1CCCC(C(=O)O)C1. The fraction of sp³-hybridized carbons (Fsp3) is 0.846. The van der Waals surface area contributed by atoms with E-state index in [0.29, 0.717) is 19.4 Å². The molecule has 0 aromatic rings. The first-order valence-electron chi connectivity index (χ1n) is 6.69. The van der Waals surface area contributed by atoms with Crippen LogP contribution in [0.4, 0.5) is 0 Å². The van der Waals surface area contributed by atoms with Gasteiger partial charge in [0.25, 0.3) is 0 Å². The Morgan fingerprint density at radius 1 is 1.39 bits per heavy atom. The van der Waals surface area contributed by atoms with Crippen LogP contribution in [-0.4, -0.2) is 29.6 Å². The Morgan fingerprint density at radius 2 is 2.06 bits per heavy atom. The van der Waals surface area contributed by atoms with Gasteiger partial charge in [0, 0.05) is 12.6 Å². The predicted molar refractivity (Wildman–Crippen MR) is 68.9 cm³/mol. The maximum Gasteiger partial charge on any atom is 0.306 e. The van der Waals surface area contributed by atoms with Crippen LogP contribution in [0.1, 0.15) is 39.5 Å². The second kappa shape index (κ2) is 6.73. The monoisotopic (exact) mass is 256 g/mol. The maximum absolute atomic E-state index is 12.0. The van der Waals surface area contributed by atoms with Gasteiger partial charge in [0.1, 0.15) is 0 Å². The molecule has 0 aromatic carbocycles. The average Bonchev–Trinajstić information content (AvgIpc) is 2.29. The first-order valence-corrected chi connectivity index (χ1v) is 6.69. The van der Waals surface area contributed by atoms with Crippen molar-refractivity contribution in [3.63, 3.8) is 0 Å². The molecule has 0 radical (unpaired) electrons. The largest absolute Gasteiger partial charge is 0.481 e. The summed E-state index contributed by atoms with van der Waals surface area (Å²) in [6, 6.07) is -0.0138. The fourth-order valence-corrected chi connectivity index (χ4v) is 2.54. The third-order valence-corrected chi connectivity index (χ3v) is 3.77. The van der Waals surface area contributed by atoms with Crippen molar-refractivity contribution < 1.29 is 14.7 Å². The number of rotatable bonds is 5. The van der Waals surface area contributed by atoms with Gasteiger partial charge in [-0.15, -0.1) is 0 Å². The van der Waals surface area contributed by atoms with Crippen molar-refractivity contribution in [2.75, 3.05) is 6.54 Å². The number of amides is 1. The minimum Gasteiger partial charge on any atom is -0.481 e. The summed E-state index contributed by atoms with van der Waals surface area (Å²) in [6.45, 7) is 4.27. The molecule has 1 aliphatic carbocycles. The molecule has 0 spiro atoms. The number of nitrogens with two attached hydrogens (primary N) is 1. The Hall–Kier alpha value is -1.10. The van der Waals surface area contributed by atoms with Gasteiger partial charge in [0.15, 0.2) is 0 Å². The molecule has 5 nitrogen and oxygen atoms in total. The van der Waals surface area contributed by atoms with E-state index in [0.717, 1.165) is 12.8 Å². The molecular weight excluding hydrogens is 232 g/mol. The van der Waals surface area contributed by atoms with E-state index in [2.05, 4.69) is 5.32 Å². The molecule has 5 heteroatoms. The minimum atomic E-state index is -0.756. The molecule has 1 fully saturated rings. The van der Waals surface area contributed by atoms with Gasteiger partial charge in [-0.25, -0.2) is 0 Å². The third kappa shape index (κ3) is 3.98. The summed E-state index contributed by atoms with van der Waals surface area (Å²) < 4.78 is 0. The van der Waals surface area contributed by atoms with Gasteiger partial charge in [-0.1, -0.05) is 20.3 Å². The first-order chi connectivity index (χ1) is 8.45. The number of carboxylic acids is 1. The molecule has 1 aliphatic rings. The number of nitrogens with one attached hydrogen (secondary N) is 1. The summed E-state index contributed by atoms with van der Waals surface area (Å²) in [5.41, 5.74) is 5.60. The molecule has 104 valence electrons. The van der Waals surface area contributed by atoms with E-state index in [1.165, 1.54) is 0 Å². The number of hydrogen-bond donors (Lipinski definition) is 3. The van der Waals surface area contributed by atoms with E-state index in [4.69, 9.17) is 10.8 Å². The molecular formula is C13H24N2O3. The van der Waals surface area contributed by atoms with Gasteiger partial charge in [-0.3, -0.25) is 9.59 Å². The zero-order chi connectivity index (χ0) is 13.7. The lowest BCUT2D eigenvalue weighted by Crippen LogP contribution is -2.45. The van der Waals surface area contributed by atoms with E-state index in [1.807, 2.05) is 13.8 Å². The Labute approximate surface area is 108 Å². The van der Waals surface area contributed by atoms with E-state index in [-0.39, 0.29) is 29.7 Å². The van der Waals surface area contributed by atoms with Crippen molar-refractivity contribution in [3.05, 3.63) is 0 Å². The number of carbonyl (C=O) groups is 2. The fourth-order valence-electron chi connectivity index (χ4n) is 2.54. The average molecular weight is 256 g/mol. The molecule has 0 heterocycles. The Kier molecular flexibility index (Phi) is 5.59. The number of hydrogen-bond acceptors (Lipinski definition) is 3. The molecule has 3 atom stereocenters. The van der Waals surface area contributed by atoms with Gasteiger partial charge in [0.2, 0.25) is 5.91 Å². The maximum atomic E-state index is 12.0. The summed E-state index contributed by atoms with van der Waals surface area (Å²) >= 11 is 0. The predicted octanol–water partition coefficient (Wildman–Crippen LogP) is 0.977. The highest BCUT2D eigenvalue weighted by Gasteiger charge is 2.29. The molecule has 18 heavy (non-hydrogen) atoms. The van der Waals surface area contributed by atoms with Crippen LogP contribution in [0.3, 0.4) is 0 Å². The summed E-state index contributed by atoms with van der Waals surface area (Å²) in [5.74, 6) is -1.10. The van der Waals surface area contributed by atoms with Gasteiger partial charge in [0.05, 0.1) is 11.8 Å². The highest BCUT2D eigenvalue weighted by atomic mass is 16.4. The van der Waals surface area contributed by atoms with Crippen LogP contribution in [0.5, 0.6) is 0 Å². The van der Waals surface area contributed by atoms with Crippen LogP contribution in [0.15, 0.2) is 0 Å². The lowest BCUT2D eigenvalue weighted by atomic mass is 9.85. The topological polar surface area (TPSA) is 92.4 Å². The quantitative estimate of drug-likeness (QED) is 0.683. The van der Waals surface area contributed by atoms with Crippen molar-refractivity contribution in [2.24, 2.45) is 23.5 Å². The Balaban J connectivity index is 2.51. The van der Waals surface area contributed by atoms with Crippen LogP contribution in [0, 0.1) is 17.8 Å². The molecule has 0 saturated heterocycles. The molecule has 4 N–H and O–H groups in total. The third-order valence-electron chi connectivity index (χ3n) is 3.77. The molecule has 1 rings (SSSR count). The molecule has 3 unspecified atom stereocenters. The normalized spacial score (nSPS) is 25.8. The lowest BCUT2D eigenvalue weighted by Gasteiger charge is -2.29. The zero-order valence-electron chi connectivity index (χ0n) is 11.2. The van der Waals surface area contributed by atoms with E-state index in [1.54, 1.807) is 0 Å². The van der Waals surface area contributed by atoms with Crippen LogP contribution in [0.25, 0.3) is 0 Å². The Morgan fingerprint density at radius 3 is 2.56 bits per heavy atom. The van der Waals surface area contributed by atoms with E-state index in [9.17, 15) is 9.59 Å². The number of aliphatic carboxylic acids is 1. The molecule has 0 bridgehead atoms. The number of carboxylic acid groups (broad SMARTS) is 1. The highest BCUT2D eigenvalue weighted by molar-refractivity contribution is 5.79. The van der Waals surface area contributed by atoms with Crippen LogP contribution in [-0.2, 0) is 9.59 Å². The van der Waals surface area contributed by atoms with Crippen LogP contribution < -0.4 is 11.1 Å². The van der Waals surface area contributed by atoms with E-state index >= 15 is 0 Å². The van der Waals surface area contributed by atoms with Crippen molar-refractivity contribution in [1.82, 2.24) is 5.32 Å². The first kappa shape index (κ1) is 15.0. The summed E-state index contributed by atoms with van der Waals surface area (Å²) in [6.07, 6.45) is 2.98. The zero-order valence-corrected chi connectivity index (χ0v) is 11.2. The summed E-state index contributed by atoms with van der Waals surface area (Å²) in [5, 5.41) is 12.0. The molecule has 0 aliphatic heterocycles. The molecule has 1 saturated carbocycles. The second-order valence-electron chi connectivity index (χ2n) is 5.49. The second-order valence-corrected chi connectivity index (χ2v) is 5.49. The smallest absolute Gasteiger partial charge is 0.306 e. The summed E-state index contributed by atoms with van der Waals surface area (Å²) in [4.78, 5) is 23.0. The van der Waals surface area contributed by atoms with Crippen molar-refractivity contribution in [3.8, 4) is 0 Å². The van der Waals surface area contributed by atoms with Gasteiger partial charge >= 0.3 is 5.97 Å².